The second kappa shape index (κ2) is 49.3. The van der Waals surface area contributed by atoms with Crippen LogP contribution in [0.25, 0.3) is 0 Å². The number of unbranched alkanes of at least 4 members (excludes halogenated alkanes) is 1. The SMILES string of the molecule is C[C@@H](O)[C@H](N)C(=O)N[C@@H](CO)C(=O)N[C@@H](Cc1ccc(O)cc1)C(=O)N[C@@H](CC(N)=O)C(=O)N[C@@H](CCCN=C(N)N)C(=O)NCC(=O)N[C@@H](CC(=O)O)C(=O)N[C@@H](CO)C(=O)N[C@H](C(=O)N[C@@H](Cc1ccccc1)C(=O)N[C@@H](CCC(=O)O)C(=O)N[C@@H](CO)C(=O)N[C@@H](CCCCN)C(=O)N[C@@H](CO)C(=O)O)[C@@H](C)O. The number of primary amides is 1. The van der Waals surface area contributed by atoms with Crippen LogP contribution in [0.3, 0.4) is 0 Å². The van der Waals surface area contributed by atoms with Crippen molar-refractivity contribution in [2.75, 3.05) is 46.1 Å². The van der Waals surface area contributed by atoms with Crippen molar-refractivity contribution >= 4 is 107 Å². The number of hydrogen-bond acceptors (Lipinski definition) is 27. The van der Waals surface area contributed by atoms with Crippen molar-refractivity contribution in [1.29, 1.82) is 0 Å². The largest absolute Gasteiger partial charge is 0.508 e. The molecule has 0 saturated heterocycles. The number of aromatic hydroxyl groups is 1. The van der Waals surface area contributed by atoms with Crippen molar-refractivity contribution in [3.8, 4) is 5.75 Å². The number of aliphatic hydroxyl groups is 6. The first-order chi connectivity index (χ1) is 52.3. The fraction of sp³-hybridized carbons (Fsp3) is 0.538. The molecule has 0 aliphatic heterocycles. The molecule has 33 N–H and O–H groups in total. The lowest BCUT2D eigenvalue weighted by molar-refractivity contribution is -0.143. The van der Waals surface area contributed by atoms with E-state index < -0.39 is 269 Å². The molecule has 2 aromatic rings. The molecule has 46 heteroatoms. The number of nitrogens with one attached hydrogen (secondary N) is 13. The third-order valence-electron chi connectivity index (χ3n) is 16.0. The minimum atomic E-state index is -2.16. The van der Waals surface area contributed by atoms with Gasteiger partial charge in [0.05, 0.1) is 58.0 Å². The standard InChI is InChI=1S/C65H99N19O27/c1-30(89)50(68)62(108)82-43(27-86)60(106)77-38(22-33-13-15-34(91)16-14-33)56(102)78-40(23-46(67)92)57(103)74-35(12-8-20-71-65(69)70)52(98)72-25-47(93)73-41(24-49(96)97)58(104)81-44(28-87)61(107)84-51(31(2)90)63(109)79-39(21-32-9-4-3-5-10-32)55(101)76-37(17-18-48(94)95)54(100)80-42(26-85)59(105)75-36(11-6-7-19-66)53(99)83-45(29-88)64(110)111/h3-5,9-10,13-16,30-31,35-45,50-51,85-91H,6-8,11-12,17-29,66,68H2,1-2H3,(H2,67,92)(H,72,98)(H,73,93)(H,74,103)(H,75,105)(H,76,101)(H,77,106)(H,78,102)(H,79,109)(H,80,100)(H,81,104)(H,82,108)(H,83,99)(H,84,107)(H,94,95)(H,96,97)(H,110,111)(H4,69,70,71)/t30-,31-,35+,36+,37+,38+,39+,40+,41+,42+,43+,44+,45+,50+,51+/m1/s1. The molecule has 14 amide bonds. The molecule has 0 saturated carbocycles. The van der Waals surface area contributed by atoms with Crippen LogP contribution in [0.2, 0.25) is 0 Å². The number of aliphatic carboxylic acids is 3. The highest BCUT2D eigenvalue weighted by Gasteiger charge is 2.39. The van der Waals surface area contributed by atoms with E-state index in [9.17, 15) is 133 Å². The fourth-order valence-corrected chi connectivity index (χ4v) is 9.89. The number of rotatable bonds is 52. The van der Waals surface area contributed by atoms with Crippen LogP contribution in [0.1, 0.15) is 82.8 Å². The van der Waals surface area contributed by atoms with Gasteiger partial charge >= 0.3 is 17.9 Å². The lowest BCUT2D eigenvalue weighted by Crippen LogP contribution is -2.62. The lowest BCUT2D eigenvalue weighted by Gasteiger charge is -2.28. The van der Waals surface area contributed by atoms with Gasteiger partial charge in [-0.05, 0) is 82.2 Å². The van der Waals surface area contributed by atoms with Crippen LogP contribution in [-0.4, -0.2) is 294 Å². The summed E-state index contributed by atoms with van der Waals surface area (Å²) in [7, 11) is 0. The number of carbonyl (C=O) groups excluding carboxylic acids is 14. The predicted molar refractivity (Wildman–Crippen MR) is 381 cm³/mol. The van der Waals surface area contributed by atoms with Crippen molar-refractivity contribution < 1.29 is 133 Å². The van der Waals surface area contributed by atoms with Crippen molar-refractivity contribution in [3.63, 3.8) is 0 Å². The Morgan fingerprint density at radius 1 is 0.414 bits per heavy atom. The third-order valence-corrected chi connectivity index (χ3v) is 16.0. The van der Waals surface area contributed by atoms with Crippen molar-refractivity contribution in [2.24, 2.45) is 33.7 Å². The van der Waals surface area contributed by atoms with Crippen LogP contribution in [0.4, 0.5) is 0 Å². The highest BCUT2D eigenvalue weighted by Crippen LogP contribution is 2.14. The Labute approximate surface area is 632 Å². The first kappa shape index (κ1) is 95.3. The van der Waals surface area contributed by atoms with E-state index in [-0.39, 0.29) is 50.1 Å². The van der Waals surface area contributed by atoms with Crippen LogP contribution in [-0.2, 0) is 94.3 Å². The maximum atomic E-state index is 14.3. The normalized spacial score (nSPS) is 15.0. The van der Waals surface area contributed by atoms with Crippen LogP contribution in [0.15, 0.2) is 59.6 Å². The van der Waals surface area contributed by atoms with E-state index in [4.69, 9.17) is 28.7 Å². The van der Waals surface area contributed by atoms with Gasteiger partial charge in [-0.25, -0.2) is 4.79 Å². The highest BCUT2D eigenvalue weighted by molar-refractivity contribution is 6.01. The summed E-state index contributed by atoms with van der Waals surface area (Å²) in [6.07, 6.45) is -8.16. The number of phenols is 1. The van der Waals surface area contributed by atoms with Crippen LogP contribution < -0.4 is 97.8 Å². The van der Waals surface area contributed by atoms with E-state index in [1.165, 1.54) is 55.5 Å². The topological polar surface area (TPSA) is 791 Å². The van der Waals surface area contributed by atoms with E-state index >= 15 is 0 Å². The van der Waals surface area contributed by atoms with Gasteiger partial charge in [0.2, 0.25) is 82.7 Å². The Hall–Kier alpha value is -11.8. The molecule has 0 spiro atoms. The number of benzene rings is 2. The molecule has 616 valence electrons. The maximum Gasteiger partial charge on any atom is 0.328 e. The van der Waals surface area contributed by atoms with E-state index in [0.29, 0.717) is 12.0 Å². The molecule has 0 fully saturated rings. The summed E-state index contributed by atoms with van der Waals surface area (Å²) < 4.78 is 0. The molecular formula is C65H99N19O27. The van der Waals surface area contributed by atoms with Gasteiger partial charge in [0.25, 0.3) is 0 Å². The minimum Gasteiger partial charge on any atom is -0.508 e. The average Bonchev–Trinajstić information content (AvgIpc) is 0.851. The number of phenolic OH excluding ortho intramolecular Hbond substituents is 1. The van der Waals surface area contributed by atoms with Gasteiger partial charge in [-0.3, -0.25) is 81.7 Å². The zero-order valence-corrected chi connectivity index (χ0v) is 60.3. The smallest absolute Gasteiger partial charge is 0.328 e. The van der Waals surface area contributed by atoms with Gasteiger partial charge in [0, 0.05) is 25.8 Å². The summed E-state index contributed by atoms with van der Waals surface area (Å²) in [5.41, 5.74) is 28.1. The summed E-state index contributed by atoms with van der Waals surface area (Å²) >= 11 is 0. The molecule has 111 heavy (non-hydrogen) atoms. The number of amides is 14. The number of guanidine groups is 1. The molecule has 0 aliphatic carbocycles. The molecule has 46 nitrogen and oxygen atoms in total. The Balaban J connectivity index is 2.42. The number of carbonyl (C=O) groups is 17. The molecule has 0 unspecified atom stereocenters. The van der Waals surface area contributed by atoms with E-state index in [1.807, 2.05) is 16.0 Å². The van der Waals surface area contributed by atoms with Gasteiger partial charge in [0.1, 0.15) is 84.3 Å². The van der Waals surface area contributed by atoms with Crippen LogP contribution >= 0.6 is 0 Å². The van der Waals surface area contributed by atoms with Gasteiger partial charge in [-0.2, -0.15) is 0 Å². The van der Waals surface area contributed by atoms with E-state index in [1.54, 1.807) is 6.07 Å². The fourth-order valence-electron chi connectivity index (χ4n) is 9.89. The summed E-state index contributed by atoms with van der Waals surface area (Å²) in [6, 6.07) is -11.6. The Kier molecular flexibility index (Phi) is 42.3. The minimum absolute atomic E-state index is 0.115. The second-order valence-electron chi connectivity index (χ2n) is 25.0. The summed E-state index contributed by atoms with van der Waals surface area (Å²) in [5.74, 6) is -23.3. The summed E-state index contributed by atoms with van der Waals surface area (Å²) in [5, 5.41) is 127. The zero-order chi connectivity index (χ0) is 83.8. The molecule has 15 atom stereocenters. The second-order valence-corrected chi connectivity index (χ2v) is 25.0. The predicted octanol–water partition coefficient (Wildman–Crippen LogP) is -13.3. The van der Waals surface area contributed by atoms with Crippen LogP contribution in [0, 0.1) is 0 Å². The monoisotopic (exact) mass is 1580 g/mol. The Bertz CT molecular complexity index is 3550. The number of carboxylic acids is 3. The van der Waals surface area contributed by atoms with Crippen LogP contribution in [0.5, 0.6) is 5.75 Å². The summed E-state index contributed by atoms with van der Waals surface area (Å²) in [4.78, 5) is 230. The Morgan fingerprint density at radius 2 is 0.811 bits per heavy atom. The first-order valence-electron chi connectivity index (χ1n) is 34.3. The lowest BCUT2D eigenvalue weighted by atomic mass is 10.0. The quantitative estimate of drug-likeness (QED) is 0.0166. The molecule has 0 aromatic heterocycles. The third kappa shape index (κ3) is 35.4. The van der Waals surface area contributed by atoms with Crippen molar-refractivity contribution in [3.05, 3.63) is 65.7 Å². The Morgan fingerprint density at radius 3 is 1.26 bits per heavy atom. The van der Waals surface area contributed by atoms with E-state index in [0.717, 1.165) is 6.92 Å². The number of aliphatic hydroxyl groups excluding tert-OH is 6. The van der Waals surface area contributed by atoms with E-state index in [2.05, 4.69) is 58.2 Å². The number of nitrogens with two attached hydrogens (primary N) is 5. The first-order valence-corrected chi connectivity index (χ1v) is 34.3. The van der Waals surface area contributed by atoms with Gasteiger partial charge in [0.15, 0.2) is 5.96 Å². The number of nitrogens with zero attached hydrogens (tertiary/aromatic N) is 1. The molecule has 0 radical (unpaired) electrons. The van der Waals surface area contributed by atoms with Crippen molar-refractivity contribution in [2.45, 2.75) is 175 Å². The van der Waals surface area contributed by atoms with Crippen molar-refractivity contribution in [1.82, 2.24) is 69.1 Å². The van der Waals surface area contributed by atoms with Gasteiger partial charge in [-0.15, -0.1) is 0 Å². The summed E-state index contributed by atoms with van der Waals surface area (Å²) in [6.45, 7) is -3.69. The molecular weight excluding hydrogens is 1480 g/mol. The van der Waals surface area contributed by atoms with Gasteiger partial charge < -0.3 is 149 Å². The average molecular weight is 1580 g/mol. The maximum absolute atomic E-state index is 14.3. The molecule has 0 heterocycles. The molecule has 2 rings (SSSR count). The number of hydrogen-bond donors (Lipinski definition) is 28. The molecule has 0 aliphatic rings. The zero-order valence-electron chi connectivity index (χ0n) is 60.3. The number of carboxylic acid groups (broad SMARTS) is 3. The number of aliphatic imine (C=N–C) groups is 1. The van der Waals surface area contributed by atoms with Gasteiger partial charge in [-0.1, -0.05) is 42.5 Å². The molecule has 0 bridgehead atoms. The molecule has 2 aromatic carbocycles. The highest BCUT2D eigenvalue weighted by atomic mass is 16.4.